The van der Waals surface area contributed by atoms with Gasteiger partial charge in [0.25, 0.3) is 0 Å². The van der Waals surface area contributed by atoms with Crippen LogP contribution in [0.3, 0.4) is 0 Å². The smallest absolute Gasteiger partial charge is 0.0319 e. The molecule has 0 bridgehead atoms. The first kappa shape index (κ1) is 9.94. The Labute approximate surface area is 89.7 Å². The number of allylic oxidation sites excluding steroid dienone is 1. The quantitative estimate of drug-likeness (QED) is 0.690. The fourth-order valence-electron chi connectivity index (χ4n) is 2.07. The Morgan fingerprint density at radius 1 is 1.00 bits per heavy atom. The highest BCUT2D eigenvalue weighted by atomic mass is 16.2. The zero-order valence-electron chi connectivity index (χ0n) is 8.77. The van der Waals surface area contributed by atoms with E-state index in [1.54, 1.807) is 0 Å². The van der Waals surface area contributed by atoms with Crippen molar-refractivity contribution in [3.8, 4) is 0 Å². The Morgan fingerprint density at radius 2 is 1.73 bits per heavy atom. The van der Waals surface area contributed by atoms with Crippen molar-refractivity contribution in [2.45, 2.75) is 6.42 Å². The van der Waals surface area contributed by atoms with Crippen molar-refractivity contribution in [3.63, 3.8) is 0 Å². The number of aliphatic hydroxyl groups is 1. The highest BCUT2D eigenvalue weighted by Gasteiger charge is 2.06. The summed E-state index contributed by atoms with van der Waals surface area (Å²) in [6, 6.07) is 13.0. The third-order valence-corrected chi connectivity index (χ3v) is 2.66. The Kier molecular flexibility index (Phi) is 2.84. The standard InChI is InChI=1S/C13H10.CH4O/c1-4-10-6-2-8-12-9-3-7-11(5-1)13(10)12;1-2/h1-8H,9H2;2H,1H3. The second-order valence-corrected chi connectivity index (χ2v) is 3.47. The Morgan fingerprint density at radius 3 is 2.53 bits per heavy atom. The van der Waals surface area contributed by atoms with E-state index in [0.29, 0.717) is 0 Å². The lowest BCUT2D eigenvalue weighted by Gasteiger charge is -2.11. The largest absolute Gasteiger partial charge is 0.400 e. The number of aliphatic hydroxyl groups excluding tert-OH is 1. The molecular weight excluding hydrogens is 184 g/mol. The van der Waals surface area contributed by atoms with E-state index in [9.17, 15) is 0 Å². The van der Waals surface area contributed by atoms with E-state index < -0.39 is 0 Å². The molecule has 0 amide bonds. The summed E-state index contributed by atoms with van der Waals surface area (Å²) in [5.74, 6) is 0. The molecule has 15 heavy (non-hydrogen) atoms. The third kappa shape index (κ3) is 1.66. The lowest BCUT2D eigenvalue weighted by atomic mass is 9.93. The molecule has 0 atom stereocenters. The summed E-state index contributed by atoms with van der Waals surface area (Å²) in [5, 5.41) is 9.80. The predicted octanol–water partition coefficient (Wildman–Crippen LogP) is 3.02. The van der Waals surface area contributed by atoms with Gasteiger partial charge in [-0.05, 0) is 28.3 Å². The zero-order chi connectivity index (χ0) is 10.7. The molecule has 0 fully saturated rings. The Bertz CT molecular complexity index is 492. The lowest BCUT2D eigenvalue weighted by Crippen LogP contribution is -1.91. The van der Waals surface area contributed by atoms with Crippen molar-refractivity contribution in [1.82, 2.24) is 0 Å². The molecular formula is C14H14O. The lowest BCUT2D eigenvalue weighted by molar-refractivity contribution is 0.399. The van der Waals surface area contributed by atoms with Crippen LogP contribution in [0.25, 0.3) is 16.8 Å². The minimum Gasteiger partial charge on any atom is -0.400 e. The molecule has 1 aliphatic carbocycles. The van der Waals surface area contributed by atoms with Gasteiger partial charge in [-0.2, -0.15) is 0 Å². The molecule has 0 saturated carbocycles. The monoisotopic (exact) mass is 198 g/mol. The molecule has 0 saturated heterocycles. The van der Waals surface area contributed by atoms with Crippen LogP contribution in [-0.4, -0.2) is 12.2 Å². The van der Waals surface area contributed by atoms with Gasteiger partial charge in [0.15, 0.2) is 0 Å². The second-order valence-electron chi connectivity index (χ2n) is 3.47. The van der Waals surface area contributed by atoms with Crippen LogP contribution >= 0.6 is 0 Å². The van der Waals surface area contributed by atoms with Crippen LogP contribution < -0.4 is 0 Å². The van der Waals surface area contributed by atoms with Gasteiger partial charge in [-0.15, -0.1) is 0 Å². The van der Waals surface area contributed by atoms with Crippen LogP contribution in [0.1, 0.15) is 11.1 Å². The number of hydrogen-bond acceptors (Lipinski definition) is 1. The van der Waals surface area contributed by atoms with Gasteiger partial charge in [0.2, 0.25) is 0 Å². The van der Waals surface area contributed by atoms with Crippen molar-refractivity contribution in [2.24, 2.45) is 0 Å². The maximum absolute atomic E-state index is 7.00. The van der Waals surface area contributed by atoms with E-state index in [2.05, 4.69) is 48.6 Å². The molecule has 1 nitrogen and oxygen atoms in total. The van der Waals surface area contributed by atoms with Gasteiger partial charge in [-0.25, -0.2) is 0 Å². The first-order chi connectivity index (χ1) is 7.45. The van der Waals surface area contributed by atoms with Gasteiger partial charge in [-0.3, -0.25) is 0 Å². The van der Waals surface area contributed by atoms with Gasteiger partial charge in [0.1, 0.15) is 0 Å². The van der Waals surface area contributed by atoms with Gasteiger partial charge >= 0.3 is 0 Å². The number of rotatable bonds is 0. The third-order valence-electron chi connectivity index (χ3n) is 2.66. The number of benzene rings is 2. The summed E-state index contributed by atoms with van der Waals surface area (Å²) in [4.78, 5) is 0. The summed E-state index contributed by atoms with van der Waals surface area (Å²) in [6.45, 7) is 0. The summed E-state index contributed by atoms with van der Waals surface area (Å²) < 4.78 is 0. The average Bonchev–Trinajstić information content (AvgIpc) is 2.33. The summed E-state index contributed by atoms with van der Waals surface area (Å²) >= 11 is 0. The molecule has 0 aliphatic heterocycles. The first-order valence-electron chi connectivity index (χ1n) is 5.07. The average molecular weight is 198 g/mol. The molecule has 0 aromatic heterocycles. The Balaban J connectivity index is 0.000000404. The summed E-state index contributed by atoms with van der Waals surface area (Å²) in [6.07, 6.45) is 5.53. The van der Waals surface area contributed by atoms with E-state index in [-0.39, 0.29) is 0 Å². The van der Waals surface area contributed by atoms with E-state index in [1.807, 2.05) is 0 Å². The van der Waals surface area contributed by atoms with Crippen LogP contribution in [0.15, 0.2) is 42.5 Å². The molecule has 0 heterocycles. The van der Waals surface area contributed by atoms with Crippen molar-refractivity contribution in [3.05, 3.63) is 53.6 Å². The molecule has 76 valence electrons. The van der Waals surface area contributed by atoms with E-state index >= 15 is 0 Å². The van der Waals surface area contributed by atoms with E-state index in [4.69, 9.17) is 5.11 Å². The molecule has 1 heteroatoms. The highest BCUT2D eigenvalue weighted by molar-refractivity contribution is 5.94. The topological polar surface area (TPSA) is 20.2 Å². The normalized spacial score (nSPS) is 12.1. The maximum Gasteiger partial charge on any atom is 0.0319 e. The van der Waals surface area contributed by atoms with Gasteiger partial charge in [-0.1, -0.05) is 48.6 Å². The van der Waals surface area contributed by atoms with Gasteiger partial charge < -0.3 is 5.11 Å². The number of hydrogen-bond donors (Lipinski definition) is 1. The molecule has 0 unspecified atom stereocenters. The molecule has 0 spiro atoms. The van der Waals surface area contributed by atoms with Crippen LogP contribution in [0.5, 0.6) is 0 Å². The molecule has 1 aliphatic rings. The molecule has 2 aromatic rings. The maximum atomic E-state index is 7.00. The van der Waals surface area contributed by atoms with Crippen molar-refractivity contribution in [1.29, 1.82) is 0 Å². The van der Waals surface area contributed by atoms with Crippen LogP contribution in [0.4, 0.5) is 0 Å². The predicted molar refractivity (Wildman–Crippen MR) is 64.8 cm³/mol. The highest BCUT2D eigenvalue weighted by Crippen LogP contribution is 2.27. The van der Waals surface area contributed by atoms with E-state index in [1.165, 1.54) is 21.9 Å². The van der Waals surface area contributed by atoms with Crippen molar-refractivity contribution < 1.29 is 5.11 Å². The van der Waals surface area contributed by atoms with Crippen molar-refractivity contribution >= 4 is 16.8 Å². The summed E-state index contributed by atoms with van der Waals surface area (Å²) in [5.41, 5.74) is 2.81. The minimum absolute atomic E-state index is 1.00. The SMILES string of the molecule is C1=Cc2cccc3cccc(c23)C1.CO. The molecule has 2 aromatic carbocycles. The summed E-state index contributed by atoms with van der Waals surface area (Å²) in [7, 11) is 1.00. The first-order valence-corrected chi connectivity index (χ1v) is 5.07. The second kappa shape index (κ2) is 4.28. The zero-order valence-corrected chi connectivity index (χ0v) is 8.77. The van der Waals surface area contributed by atoms with Crippen molar-refractivity contribution in [2.75, 3.05) is 7.11 Å². The van der Waals surface area contributed by atoms with E-state index in [0.717, 1.165) is 13.5 Å². The van der Waals surface area contributed by atoms with Crippen LogP contribution in [0, 0.1) is 0 Å². The fraction of sp³-hybridized carbons (Fsp3) is 0.143. The Hall–Kier alpha value is -1.60. The van der Waals surface area contributed by atoms with Gasteiger partial charge in [0.05, 0.1) is 0 Å². The molecule has 1 N–H and O–H groups in total. The molecule has 0 radical (unpaired) electrons. The van der Waals surface area contributed by atoms with Crippen LogP contribution in [0.2, 0.25) is 0 Å². The fourth-order valence-corrected chi connectivity index (χ4v) is 2.07. The minimum atomic E-state index is 1.00. The van der Waals surface area contributed by atoms with Crippen LogP contribution in [-0.2, 0) is 6.42 Å². The molecule has 3 rings (SSSR count). The van der Waals surface area contributed by atoms with Gasteiger partial charge in [0, 0.05) is 7.11 Å².